The molecule has 0 saturated heterocycles. The van der Waals surface area contributed by atoms with Crippen molar-refractivity contribution < 1.29 is 32.6 Å². The van der Waals surface area contributed by atoms with Crippen LogP contribution in [0.1, 0.15) is 18.4 Å². The molecule has 0 aliphatic heterocycles. The van der Waals surface area contributed by atoms with E-state index in [1.54, 1.807) is 25.1 Å². The summed E-state index contributed by atoms with van der Waals surface area (Å²) >= 11 is 0. The number of nitrogens with one attached hydrogen (secondary N) is 2. The zero-order valence-electron chi connectivity index (χ0n) is 23.3. The normalized spacial score (nSPS) is 14.1. The number of rotatable bonds is 9. The van der Waals surface area contributed by atoms with E-state index in [1.807, 2.05) is 0 Å². The highest BCUT2D eigenvalue weighted by Gasteiger charge is 2.29. The Hall–Kier alpha value is -4.88. The van der Waals surface area contributed by atoms with Crippen molar-refractivity contribution in [2.45, 2.75) is 31.7 Å². The molecule has 0 bridgehead atoms. The number of fused-ring (bicyclic) bond motifs is 1. The van der Waals surface area contributed by atoms with Gasteiger partial charge < -0.3 is 20.8 Å². The van der Waals surface area contributed by atoms with Crippen LogP contribution in [0.5, 0.6) is 0 Å². The summed E-state index contributed by atoms with van der Waals surface area (Å²) in [6.45, 7) is 0.741. The minimum atomic E-state index is -3.03. The third-order valence-corrected chi connectivity index (χ3v) is 6.98. The first-order valence-corrected chi connectivity index (χ1v) is 13.5. The van der Waals surface area contributed by atoms with Gasteiger partial charge in [-0.3, -0.25) is 14.2 Å². The van der Waals surface area contributed by atoms with Crippen molar-refractivity contribution in [2.24, 2.45) is 0 Å². The van der Waals surface area contributed by atoms with Gasteiger partial charge >= 0.3 is 0 Å². The van der Waals surface area contributed by atoms with Gasteiger partial charge in [-0.05, 0) is 48.9 Å². The second-order valence-corrected chi connectivity index (χ2v) is 10.3. The number of carbonyl (C=O) groups excluding carboxylic acids is 1. The molecule has 5 rings (SSSR count). The predicted molar refractivity (Wildman–Crippen MR) is 157 cm³/mol. The molecule has 1 amide bonds. The molecule has 0 spiro atoms. The van der Waals surface area contributed by atoms with Crippen LogP contribution < -0.4 is 16.2 Å². The molecule has 4 N–H and O–H groups in total. The number of hydrogen-bond acceptors (Lipinski definition) is 7. The molecule has 9 nitrogen and oxygen atoms in total. The second kappa shape index (κ2) is 12.4. The lowest BCUT2D eigenvalue weighted by Gasteiger charge is -2.19. The SMILES string of the molecule is Cc1ccc(NC(=O)CC2=CC=CC(F)(F)C2)cc1-c1nc(NC(CO)CO)nc2c1ccc(=O)n2-c1c(F)cccc1F. The number of halogens is 4. The van der Waals surface area contributed by atoms with E-state index in [4.69, 9.17) is 0 Å². The fraction of sp³-hybridized carbons (Fsp3) is 0.226. The number of para-hydroxylation sites is 1. The molecule has 0 unspecified atom stereocenters. The highest BCUT2D eigenvalue weighted by Crippen LogP contribution is 2.34. The van der Waals surface area contributed by atoms with Gasteiger partial charge in [0, 0.05) is 35.5 Å². The summed E-state index contributed by atoms with van der Waals surface area (Å²) in [5, 5.41) is 24.9. The maximum Gasteiger partial charge on any atom is 0.270 e. The van der Waals surface area contributed by atoms with Gasteiger partial charge in [0.1, 0.15) is 17.3 Å². The maximum absolute atomic E-state index is 14.9. The number of carbonyl (C=O) groups is 1. The number of aliphatic hydroxyl groups excluding tert-OH is 2. The number of anilines is 2. The molecule has 2 heterocycles. The molecule has 1 aliphatic carbocycles. The lowest BCUT2D eigenvalue weighted by molar-refractivity contribution is -0.115. The molecule has 4 aromatic rings. The minimum absolute atomic E-state index is 0.163. The highest BCUT2D eigenvalue weighted by molar-refractivity contribution is 5.96. The van der Waals surface area contributed by atoms with Crippen molar-refractivity contribution in [1.29, 1.82) is 0 Å². The number of alkyl halides is 2. The van der Waals surface area contributed by atoms with Crippen LogP contribution in [0.3, 0.4) is 0 Å². The van der Waals surface area contributed by atoms with E-state index in [-0.39, 0.29) is 34.7 Å². The van der Waals surface area contributed by atoms with Crippen LogP contribution in [-0.2, 0) is 4.79 Å². The summed E-state index contributed by atoms with van der Waals surface area (Å²) in [5.74, 6) is -5.74. The summed E-state index contributed by atoms with van der Waals surface area (Å²) in [6.07, 6.45) is 2.65. The Labute approximate surface area is 248 Å². The number of amides is 1. The van der Waals surface area contributed by atoms with E-state index in [0.717, 1.165) is 34.9 Å². The molecule has 0 fully saturated rings. The van der Waals surface area contributed by atoms with Crippen LogP contribution in [0.2, 0.25) is 0 Å². The van der Waals surface area contributed by atoms with E-state index < -0.39 is 60.4 Å². The highest BCUT2D eigenvalue weighted by atomic mass is 19.3. The quantitative estimate of drug-likeness (QED) is 0.203. The van der Waals surface area contributed by atoms with E-state index in [1.165, 1.54) is 18.2 Å². The van der Waals surface area contributed by atoms with Crippen molar-refractivity contribution in [2.75, 3.05) is 23.8 Å². The summed E-state index contributed by atoms with van der Waals surface area (Å²) in [4.78, 5) is 34.7. The van der Waals surface area contributed by atoms with Crippen molar-refractivity contribution >= 4 is 28.6 Å². The molecule has 13 heteroatoms. The van der Waals surface area contributed by atoms with Gasteiger partial charge in [-0.25, -0.2) is 22.5 Å². The average Bonchev–Trinajstić information content (AvgIpc) is 2.97. The van der Waals surface area contributed by atoms with Crippen molar-refractivity contribution in [1.82, 2.24) is 14.5 Å². The monoisotopic (exact) mass is 609 g/mol. The van der Waals surface area contributed by atoms with Crippen LogP contribution in [-0.4, -0.2) is 55.8 Å². The molecule has 0 saturated carbocycles. The fourth-order valence-corrected chi connectivity index (χ4v) is 4.87. The zero-order valence-corrected chi connectivity index (χ0v) is 23.3. The van der Waals surface area contributed by atoms with E-state index in [2.05, 4.69) is 20.6 Å². The molecular formula is C31H27F4N5O4. The molecule has 44 heavy (non-hydrogen) atoms. The summed E-state index contributed by atoms with van der Waals surface area (Å²) < 4.78 is 58.1. The Morgan fingerprint density at radius 2 is 1.80 bits per heavy atom. The standard InChI is InChI=1S/C31H27F4N5O4/c1-17-7-8-19(36-25(43)12-18-4-3-11-31(34,35)14-18)13-22(17)27-21-9-10-26(44)40(28-23(32)5-2-6-24(28)33)29(21)39-30(38-27)37-20(15-41)16-42/h2-11,13,20,41-42H,12,14-16H2,1H3,(H,36,43)(H,37,38,39). The Kier molecular flexibility index (Phi) is 8.61. The van der Waals surface area contributed by atoms with E-state index in [9.17, 15) is 37.4 Å². The van der Waals surface area contributed by atoms with Crippen molar-refractivity contribution in [3.05, 3.63) is 99.9 Å². The first-order chi connectivity index (χ1) is 21.0. The smallest absolute Gasteiger partial charge is 0.270 e. The molecule has 228 valence electrons. The van der Waals surface area contributed by atoms with Gasteiger partial charge in [0.2, 0.25) is 11.9 Å². The molecule has 2 aromatic heterocycles. The minimum Gasteiger partial charge on any atom is -0.394 e. The number of aliphatic hydroxyl groups is 2. The molecular weight excluding hydrogens is 582 g/mol. The van der Waals surface area contributed by atoms with Crippen molar-refractivity contribution in [3.8, 4) is 16.9 Å². The molecule has 0 radical (unpaired) electrons. The van der Waals surface area contributed by atoms with Gasteiger partial charge in [0.15, 0.2) is 5.65 Å². The van der Waals surface area contributed by atoms with Gasteiger partial charge in [-0.1, -0.05) is 29.9 Å². The number of hydrogen-bond donors (Lipinski definition) is 4. The van der Waals surface area contributed by atoms with Gasteiger partial charge in [0.05, 0.1) is 24.9 Å². The average molecular weight is 610 g/mol. The van der Waals surface area contributed by atoms with Crippen LogP contribution in [0.4, 0.5) is 29.2 Å². The summed E-state index contributed by atoms with van der Waals surface area (Å²) in [7, 11) is 0. The number of aryl methyl sites for hydroxylation is 1. The number of aromatic nitrogens is 3. The first-order valence-electron chi connectivity index (χ1n) is 13.5. The largest absolute Gasteiger partial charge is 0.394 e. The Morgan fingerprint density at radius 1 is 1.07 bits per heavy atom. The van der Waals surface area contributed by atoms with E-state index in [0.29, 0.717) is 16.8 Å². The zero-order chi connectivity index (χ0) is 31.6. The maximum atomic E-state index is 14.9. The van der Waals surface area contributed by atoms with Gasteiger partial charge in [-0.15, -0.1) is 0 Å². The third kappa shape index (κ3) is 6.38. The fourth-order valence-electron chi connectivity index (χ4n) is 4.87. The molecule has 0 atom stereocenters. The van der Waals surface area contributed by atoms with Crippen LogP contribution >= 0.6 is 0 Å². The predicted octanol–water partition coefficient (Wildman–Crippen LogP) is 4.65. The molecule has 1 aliphatic rings. The van der Waals surface area contributed by atoms with Gasteiger partial charge in [0.25, 0.3) is 11.5 Å². The summed E-state index contributed by atoms with van der Waals surface area (Å²) in [6, 6.07) is 9.62. The topological polar surface area (TPSA) is 129 Å². The number of nitrogens with zero attached hydrogens (tertiary/aromatic N) is 3. The Bertz CT molecular complexity index is 1850. The lowest BCUT2D eigenvalue weighted by Crippen LogP contribution is -2.29. The number of allylic oxidation sites excluding steroid dienone is 3. The molecule has 2 aromatic carbocycles. The van der Waals surface area contributed by atoms with E-state index >= 15 is 0 Å². The Balaban J connectivity index is 1.63. The van der Waals surface area contributed by atoms with Crippen LogP contribution in [0, 0.1) is 18.6 Å². The first kappa shape index (κ1) is 30.6. The number of pyridine rings is 1. The second-order valence-electron chi connectivity index (χ2n) is 10.3. The van der Waals surface area contributed by atoms with Crippen LogP contribution in [0.25, 0.3) is 28.0 Å². The lowest BCUT2D eigenvalue weighted by atomic mass is 9.98. The number of benzene rings is 2. The Morgan fingerprint density at radius 3 is 2.48 bits per heavy atom. The van der Waals surface area contributed by atoms with Gasteiger partial charge in [-0.2, -0.15) is 4.98 Å². The summed E-state index contributed by atoms with van der Waals surface area (Å²) in [5.41, 5.74) is 0.260. The third-order valence-electron chi connectivity index (χ3n) is 6.98. The van der Waals surface area contributed by atoms with Crippen molar-refractivity contribution in [3.63, 3.8) is 0 Å². The van der Waals surface area contributed by atoms with Crippen LogP contribution in [0.15, 0.2) is 77.1 Å².